The van der Waals surface area contributed by atoms with Crippen LogP contribution in [0.2, 0.25) is 0 Å². The Balaban J connectivity index is 2.29. The van der Waals surface area contributed by atoms with Gasteiger partial charge in [0.05, 0.1) is 6.61 Å². The second-order valence-electron chi connectivity index (χ2n) is 3.23. The Morgan fingerprint density at radius 2 is 1.93 bits per heavy atom. The average Bonchev–Trinajstić information content (AvgIpc) is 2.27. The minimum Gasteiger partial charge on any atom is -0.494 e. The minimum absolute atomic E-state index is 0.709. The largest absolute Gasteiger partial charge is 0.494 e. The first-order valence-corrected chi connectivity index (χ1v) is 5.32. The van der Waals surface area contributed by atoms with E-state index in [0.29, 0.717) is 6.61 Å². The zero-order valence-electron chi connectivity index (χ0n) is 9.45. The highest BCUT2D eigenvalue weighted by atomic mass is 16.5. The van der Waals surface area contributed by atoms with Crippen LogP contribution in [0, 0.1) is 0 Å². The van der Waals surface area contributed by atoms with Crippen LogP contribution in [-0.4, -0.2) is 26.9 Å². The van der Waals surface area contributed by atoms with Crippen molar-refractivity contribution < 1.29 is 9.47 Å². The predicted octanol–water partition coefficient (Wildman–Crippen LogP) is 2.53. The molecule has 0 amide bonds. The SMILES string of the molecule is CCOc1ccc(NCCCOC)cc1. The van der Waals surface area contributed by atoms with Gasteiger partial charge in [-0.2, -0.15) is 0 Å². The number of anilines is 1. The fourth-order valence-corrected chi connectivity index (χ4v) is 1.28. The molecule has 3 nitrogen and oxygen atoms in total. The van der Waals surface area contributed by atoms with Gasteiger partial charge in [-0.1, -0.05) is 0 Å². The molecule has 3 heteroatoms. The second-order valence-corrected chi connectivity index (χ2v) is 3.23. The van der Waals surface area contributed by atoms with Gasteiger partial charge in [0.2, 0.25) is 0 Å². The van der Waals surface area contributed by atoms with Crippen molar-refractivity contribution in [3.05, 3.63) is 24.3 Å². The molecule has 0 aromatic heterocycles. The van der Waals surface area contributed by atoms with Gasteiger partial charge in [-0.3, -0.25) is 0 Å². The highest BCUT2D eigenvalue weighted by Crippen LogP contribution is 2.15. The molecule has 1 N–H and O–H groups in total. The van der Waals surface area contributed by atoms with Crippen LogP contribution in [0.5, 0.6) is 5.75 Å². The smallest absolute Gasteiger partial charge is 0.119 e. The number of benzene rings is 1. The van der Waals surface area contributed by atoms with E-state index in [2.05, 4.69) is 5.32 Å². The van der Waals surface area contributed by atoms with E-state index in [1.165, 1.54) is 0 Å². The summed E-state index contributed by atoms with van der Waals surface area (Å²) in [6.07, 6.45) is 1.02. The molecule has 0 spiro atoms. The summed E-state index contributed by atoms with van der Waals surface area (Å²) in [4.78, 5) is 0. The Kier molecular flexibility index (Phi) is 5.63. The van der Waals surface area contributed by atoms with Crippen LogP contribution in [0.1, 0.15) is 13.3 Å². The lowest BCUT2D eigenvalue weighted by Crippen LogP contribution is -2.04. The number of nitrogens with one attached hydrogen (secondary N) is 1. The van der Waals surface area contributed by atoms with Crippen molar-refractivity contribution in [3.8, 4) is 5.75 Å². The van der Waals surface area contributed by atoms with Crippen molar-refractivity contribution in [2.24, 2.45) is 0 Å². The lowest BCUT2D eigenvalue weighted by Gasteiger charge is -2.07. The molecule has 0 atom stereocenters. The number of hydrogen-bond donors (Lipinski definition) is 1. The molecular weight excluding hydrogens is 190 g/mol. The van der Waals surface area contributed by atoms with Gasteiger partial charge in [0.1, 0.15) is 5.75 Å². The lowest BCUT2D eigenvalue weighted by atomic mass is 10.3. The molecule has 0 bridgehead atoms. The second kappa shape index (κ2) is 7.12. The van der Waals surface area contributed by atoms with Crippen molar-refractivity contribution in [1.29, 1.82) is 0 Å². The van der Waals surface area contributed by atoms with Gasteiger partial charge in [0, 0.05) is 25.9 Å². The van der Waals surface area contributed by atoms with E-state index in [4.69, 9.17) is 9.47 Å². The molecule has 84 valence electrons. The third kappa shape index (κ3) is 4.70. The van der Waals surface area contributed by atoms with E-state index >= 15 is 0 Å². The highest BCUT2D eigenvalue weighted by Gasteiger charge is 1.93. The summed E-state index contributed by atoms with van der Waals surface area (Å²) in [7, 11) is 1.72. The van der Waals surface area contributed by atoms with Gasteiger partial charge < -0.3 is 14.8 Å². The van der Waals surface area contributed by atoms with Crippen LogP contribution in [0.25, 0.3) is 0 Å². The van der Waals surface area contributed by atoms with E-state index in [1.54, 1.807) is 7.11 Å². The molecule has 0 saturated heterocycles. The number of methoxy groups -OCH3 is 1. The minimum atomic E-state index is 0.709. The van der Waals surface area contributed by atoms with Crippen molar-refractivity contribution in [3.63, 3.8) is 0 Å². The first kappa shape index (κ1) is 11.9. The zero-order chi connectivity index (χ0) is 10.9. The van der Waals surface area contributed by atoms with E-state index in [1.807, 2.05) is 31.2 Å². The van der Waals surface area contributed by atoms with E-state index in [-0.39, 0.29) is 0 Å². The molecule has 0 saturated carbocycles. The normalized spacial score (nSPS) is 10.0. The van der Waals surface area contributed by atoms with Crippen LogP contribution in [0.15, 0.2) is 24.3 Å². The molecule has 1 rings (SSSR count). The maximum atomic E-state index is 5.36. The summed E-state index contributed by atoms with van der Waals surface area (Å²) in [6.45, 7) is 4.42. The Morgan fingerprint density at radius 1 is 1.20 bits per heavy atom. The quantitative estimate of drug-likeness (QED) is 0.700. The van der Waals surface area contributed by atoms with Gasteiger partial charge in [0.25, 0.3) is 0 Å². The van der Waals surface area contributed by atoms with Crippen molar-refractivity contribution in [1.82, 2.24) is 0 Å². The molecule has 1 aromatic carbocycles. The Labute approximate surface area is 91.4 Å². The van der Waals surface area contributed by atoms with E-state index < -0.39 is 0 Å². The fraction of sp³-hybridized carbons (Fsp3) is 0.500. The summed E-state index contributed by atoms with van der Waals surface area (Å²) >= 11 is 0. The van der Waals surface area contributed by atoms with Gasteiger partial charge in [-0.15, -0.1) is 0 Å². The maximum absolute atomic E-state index is 5.36. The van der Waals surface area contributed by atoms with Crippen molar-refractivity contribution in [2.45, 2.75) is 13.3 Å². The summed E-state index contributed by atoms with van der Waals surface area (Å²) < 4.78 is 10.3. The van der Waals surface area contributed by atoms with Crippen LogP contribution in [0.3, 0.4) is 0 Å². The van der Waals surface area contributed by atoms with E-state index in [9.17, 15) is 0 Å². The molecule has 1 aromatic rings. The third-order valence-electron chi connectivity index (χ3n) is 2.02. The van der Waals surface area contributed by atoms with Gasteiger partial charge in [-0.05, 0) is 37.6 Å². The summed E-state index contributed by atoms with van der Waals surface area (Å²) in [5, 5.41) is 3.31. The van der Waals surface area contributed by atoms with E-state index in [0.717, 1.165) is 31.0 Å². The molecule has 0 aliphatic heterocycles. The molecule has 0 aliphatic carbocycles. The monoisotopic (exact) mass is 209 g/mol. The molecule has 15 heavy (non-hydrogen) atoms. The Bertz CT molecular complexity index is 259. The highest BCUT2D eigenvalue weighted by molar-refractivity contribution is 5.46. The molecule has 0 unspecified atom stereocenters. The summed E-state index contributed by atoms with van der Waals surface area (Å²) in [6, 6.07) is 8.00. The summed E-state index contributed by atoms with van der Waals surface area (Å²) in [5.41, 5.74) is 1.12. The van der Waals surface area contributed by atoms with Gasteiger partial charge in [0.15, 0.2) is 0 Å². The molecule has 0 aliphatic rings. The molecule has 0 heterocycles. The van der Waals surface area contributed by atoms with Gasteiger partial charge in [-0.25, -0.2) is 0 Å². The van der Waals surface area contributed by atoms with Crippen LogP contribution < -0.4 is 10.1 Å². The Hall–Kier alpha value is -1.22. The number of hydrogen-bond acceptors (Lipinski definition) is 3. The van der Waals surface area contributed by atoms with Crippen LogP contribution in [0.4, 0.5) is 5.69 Å². The van der Waals surface area contributed by atoms with Gasteiger partial charge >= 0.3 is 0 Å². The standard InChI is InChI=1S/C12H19NO2/c1-3-15-12-7-5-11(6-8-12)13-9-4-10-14-2/h5-8,13H,3-4,9-10H2,1-2H3. The van der Waals surface area contributed by atoms with Crippen LogP contribution >= 0.6 is 0 Å². The number of rotatable bonds is 7. The first-order chi connectivity index (χ1) is 7.36. The topological polar surface area (TPSA) is 30.5 Å². The molecule has 0 fully saturated rings. The van der Waals surface area contributed by atoms with Crippen molar-refractivity contribution >= 4 is 5.69 Å². The third-order valence-corrected chi connectivity index (χ3v) is 2.02. The summed E-state index contributed by atoms with van der Waals surface area (Å²) in [5.74, 6) is 0.917. The molecule has 0 radical (unpaired) electrons. The zero-order valence-corrected chi connectivity index (χ0v) is 9.45. The number of ether oxygens (including phenoxy) is 2. The Morgan fingerprint density at radius 3 is 2.53 bits per heavy atom. The lowest BCUT2D eigenvalue weighted by molar-refractivity contribution is 0.198. The molecular formula is C12H19NO2. The maximum Gasteiger partial charge on any atom is 0.119 e. The average molecular weight is 209 g/mol. The van der Waals surface area contributed by atoms with Crippen molar-refractivity contribution in [2.75, 3.05) is 32.2 Å². The first-order valence-electron chi connectivity index (χ1n) is 5.32. The fourth-order valence-electron chi connectivity index (χ4n) is 1.28. The predicted molar refractivity (Wildman–Crippen MR) is 62.6 cm³/mol. The van der Waals surface area contributed by atoms with Crippen LogP contribution in [-0.2, 0) is 4.74 Å².